The van der Waals surface area contributed by atoms with Crippen molar-refractivity contribution in [1.82, 2.24) is 29.6 Å². The van der Waals surface area contributed by atoms with Gasteiger partial charge in [0.2, 0.25) is 0 Å². The smallest absolute Gasteiger partial charge is 0.305 e. The monoisotopic (exact) mass is 474 g/mol. The highest BCUT2D eigenvalue weighted by molar-refractivity contribution is 7.99. The van der Waals surface area contributed by atoms with Crippen molar-refractivity contribution in [2.75, 3.05) is 25.4 Å². The van der Waals surface area contributed by atoms with E-state index >= 15 is 0 Å². The van der Waals surface area contributed by atoms with Crippen molar-refractivity contribution in [2.24, 2.45) is 13.0 Å². The van der Waals surface area contributed by atoms with E-state index in [2.05, 4.69) is 25.1 Å². The zero-order valence-corrected chi connectivity index (χ0v) is 19.3. The third-order valence-electron chi connectivity index (χ3n) is 6.70. The minimum absolute atomic E-state index is 0.00909. The standard InChI is InChI=1S/C23H25F3N6S/c1-15-4-5-16(11-27-15)20-29-30-21(31(20)2)33-9-3-8-32-13-18-10-22(18,14-32)17-6-7-19(28-12-17)23(24,25)26/h4-7,11-12,18H,3,8-10,13-14H2,1-2H3. The van der Waals surface area contributed by atoms with Crippen molar-refractivity contribution in [2.45, 2.75) is 36.5 Å². The van der Waals surface area contributed by atoms with Crippen LogP contribution in [0.1, 0.15) is 29.8 Å². The Kier molecular flexibility index (Phi) is 5.68. The van der Waals surface area contributed by atoms with Crippen molar-refractivity contribution in [1.29, 1.82) is 0 Å². The van der Waals surface area contributed by atoms with Gasteiger partial charge in [-0.05, 0) is 56.0 Å². The molecule has 174 valence electrons. The molecule has 33 heavy (non-hydrogen) atoms. The van der Waals surface area contributed by atoms with Gasteiger partial charge >= 0.3 is 6.18 Å². The molecule has 0 spiro atoms. The van der Waals surface area contributed by atoms with E-state index in [-0.39, 0.29) is 5.41 Å². The lowest BCUT2D eigenvalue weighted by molar-refractivity contribution is -0.141. The zero-order valence-electron chi connectivity index (χ0n) is 18.5. The maximum Gasteiger partial charge on any atom is 0.433 e. The molecule has 4 heterocycles. The Hall–Kier alpha value is -2.46. The first kappa shape index (κ1) is 22.3. The summed E-state index contributed by atoms with van der Waals surface area (Å²) < 4.78 is 40.4. The molecular weight excluding hydrogens is 449 g/mol. The van der Waals surface area contributed by atoms with Gasteiger partial charge in [-0.3, -0.25) is 9.97 Å². The normalized spacial score (nSPS) is 22.5. The number of thioether (sulfide) groups is 1. The third kappa shape index (κ3) is 4.38. The van der Waals surface area contributed by atoms with Crippen LogP contribution >= 0.6 is 11.8 Å². The van der Waals surface area contributed by atoms with Crippen LogP contribution in [-0.2, 0) is 18.6 Å². The van der Waals surface area contributed by atoms with Crippen molar-refractivity contribution >= 4 is 11.8 Å². The molecule has 5 rings (SSSR count). The van der Waals surface area contributed by atoms with Gasteiger partial charge < -0.3 is 9.47 Å². The quantitative estimate of drug-likeness (QED) is 0.375. The summed E-state index contributed by atoms with van der Waals surface area (Å²) in [6.07, 6.45) is 0.902. The van der Waals surface area contributed by atoms with Crippen molar-refractivity contribution in [3.8, 4) is 11.4 Å². The Bertz CT molecular complexity index is 1130. The maximum absolute atomic E-state index is 12.8. The Labute approximate surface area is 194 Å². The summed E-state index contributed by atoms with van der Waals surface area (Å²) in [7, 11) is 1.97. The molecule has 1 aliphatic heterocycles. The van der Waals surface area contributed by atoms with E-state index in [9.17, 15) is 13.2 Å². The molecule has 0 radical (unpaired) electrons. The second-order valence-corrected chi connectivity index (χ2v) is 10.0. The number of aromatic nitrogens is 5. The topological polar surface area (TPSA) is 59.7 Å². The predicted octanol–water partition coefficient (Wildman–Crippen LogP) is 4.36. The van der Waals surface area contributed by atoms with Gasteiger partial charge in [0.1, 0.15) is 5.69 Å². The van der Waals surface area contributed by atoms with Crippen LogP contribution in [0.25, 0.3) is 11.4 Å². The number of nitrogens with zero attached hydrogens (tertiary/aromatic N) is 6. The second-order valence-electron chi connectivity index (χ2n) is 8.98. The van der Waals surface area contributed by atoms with Crippen LogP contribution in [0, 0.1) is 12.8 Å². The summed E-state index contributed by atoms with van der Waals surface area (Å²) in [5.41, 5.74) is 2.02. The number of rotatable bonds is 7. The Morgan fingerprint density at radius 3 is 2.67 bits per heavy atom. The molecule has 2 aliphatic rings. The molecule has 0 bridgehead atoms. The number of alkyl halides is 3. The molecule has 0 amide bonds. The van der Waals surface area contributed by atoms with E-state index in [4.69, 9.17) is 0 Å². The predicted molar refractivity (Wildman–Crippen MR) is 120 cm³/mol. The van der Waals surface area contributed by atoms with E-state index in [1.165, 1.54) is 6.20 Å². The van der Waals surface area contributed by atoms with E-state index < -0.39 is 11.9 Å². The van der Waals surface area contributed by atoms with E-state index in [0.717, 1.165) is 72.1 Å². The summed E-state index contributed by atoms with van der Waals surface area (Å²) >= 11 is 1.69. The fourth-order valence-corrected chi connectivity index (χ4v) is 5.64. The highest BCUT2D eigenvalue weighted by Gasteiger charge is 2.60. The highest BCUT2D eigenvalue weighted by atomic mass is 32.2. The molecule has 3 aromatic heterocycles. The largest absolute Gasteiger partial charge is 0.433 e. The van der Waals surface area contributed by atoms with E-state index in [1.807, 2.05) is 36.9 Å². The first-order valence-electron chi connectivity index (χ1n) is 11.0. The van der Waals surface area contributed by atoms with Crippen LogP contribution in [0.2, 0.25) is 0 Å². The molecule has 1 saturated heterocycles. The van der Waals surface area contributed by atoms with Crippen LogP contribution < -0.4 is 0 Å². The summed E-state index contributed by atoms with van der Waals surface area (Å²) in [5, 5.41) is 9.52. The van der Waals surface area contributed by atoms with Crippen LogP contribution in [0.3, 0.4) is 0 Å². The Morgan fingerprint density at radius 1 is 1.12 bits per heavy atom. The second kappa shape index (κ2) is 8.39. The first-order chi connectivity index (χ1) is 15.8. The lowest BCUT2D eigenvalue weighted by Gasteiger charge is -2.21. The Balaban J connectivity index is 1.12. The summed E-state index contributed by atoms with van der Waals surface area (Å²) in [6, 6.07) is 6.69. The fourth-order valence-electron chi connectivity index (χ4n) is 4.80. The molecule has 1 aliphatic carbocycles. The molecule has 1 saturated carbocycles. The molecule has 2 fully saturated rings. The molecule has 0 N–H and O–H groups in total. The number of likely N-dealkylation sites (tertiary alicyclic amines) is 1. The number of hydrogen-bond acceptors (Lipinski definition) is 6. The van der Waals surface area contributed by atoms with Crippen molar-refractivity contribution in [3.05, 3.63) is 53.6 Å². The van der Waals surface area contributed by atoms with Crippen LogP contribution in [0.4, 0.5) is 13.2 Å². The van der Waals surface area contributed by atoms with Crippen LogP contribution in [0.15, 0.2) is 41.8 Å². The molecule has 0 aromatic carbocycles. The van der Waals surface area contributed by atoms with Gasteiger partial charge in [-0.15, -0.1) is 10.2 Å². The number of aryl methyl sites for hydroxylation is 1. The Morgan fingerprint density at radius 2 is 1.97 bits per heavy atom. The lowest BCUT2D eigenvalue weighted by atomic mass is 9.96. The maximum atomic E-state index is 12.8. The molecule has 6 nitrogen and oxygen atoms in total. The number of fused-ring (bicyclic) bond motifs is 1. The van der Waals surface area contributed by atoms with Gasteiger partial charge in [0.25, 0.3) is 0 Å². The minimum Gasteiger partial charge on any atom is -0.305 e. The van der Waals surface area contributed by atoms with Gasteiger partial charge in [-0.2, -0.15) is 13.2 Å². The average Bonchev–Trinajstić information content (AvgIpc) is 3.16. The van der Waals surface area contributed by atoms with Gasteiger partial charge in [0, 0.05) is 55.0 Å². The van der Waals surface area contributed by atoms with E-state index in [0.29, 0.717) is 5.92 Å². The highest BCUT2D eigenvalue weighted by Crippen LogP contribution is 2.58. The first-order valence-corrected chi connectivity index (χ1v) is 12.0. The average molecular weight is 475 g/mol. The lowest BCUT2D eigenvalue weighted by Crippen LogP contribution is -2.28. The zero-order chi connectivity index (χ0) is 23.2. The molecule has 2 atom stereocenters. The number of piperidine rings is 1. The van der Waals surface area contributed by atoms with Gasteiger partial charge in [-0.1, -0.05) is 17.8 Å². The van der Waals surface area contributed by atoms with Gasteiger partial charge in [0.05, 0.1) is 0 Å². The molecule has 10 heteroatoms. The van der Waals surface area contributed by atoms with Crippen molar-refractivity contribution in [3.63, 3.8) is 0 Å². The van der Waals surface area contributed by atoms with Crippen LogP contribution in [0.5, 0.6) is 0 Å². The number of halogens is 3. The number of hydrogen-bond donors (Lipinski definition) is 0. The van der Waals surface area contributed by atoms with Crippen molar-refractivity contribution < 1.29 is 13.2 Å². The SMILES string of the molecule is Cc1ccc(-c2nnc(SCCCN3CC4CC4(c4ccc(C(F)(F)F)nc4)C3)n2C)cn1. The van der Waals surface area contributed by atoms with Gasteiger partial charge in [0.15, 0.2) is 11.0 Å². The molecule has 3 aromatic rings. The van der Waals surface area contributed by atoms with E-state index in [1.54, 1.807) is 17.8 Å². The fraction of sp³-hybridized carbons (Fsp3) is 0.478. The third-order valence-corrected chi connectivity index (χ3v) is 7.81. The summed E-state index contributed by atoms with van der Waals surface area (Å²) in [6.45, 7) is 4.81. The molecular formula is C23H25F3N6S. The van der Waals surface area contributed by atoms with Gasteiger partial charge in [-0.25, -0.2) is 0 Å². The van der Waals surface area contributed by atoms with Crippen LogP contribution in [-0.4, -0.2) is 55.0 Å². The molecule has 2 unspecified atom stereocenters. The summed E-state index contributed by atoms with van der Waals surface area (Å²) in [4.78, 5) is 10.4. The number of pyridine rings is 2. The minimum atomic E-state index is -4.39. The summed E-state index contributed by atoms with van der Waals surface area (Å²) in [5.74, 6) is 2.25.